The number of rotatable bonds is 7. The number of carbonyl (C=O) groups excluding carboxylic acids is 3. The van der Waals surface area contributed by atoms with Gasteiger partial charge in [-0.3, -0.25) is 9.59 Å². The van der Waals surface area contributed by atoms with Crippen LogP contribution >= 0.6 is 0 Å². The molecule has 0 amide bonds. The maximum atomic E-state index is 14.3. The minimum atomic E-state index is -1.04. The number of dihydropyridines is 1. The zero-order chi connectivity index (χ0) is 25.8. The Kier molecular flexibility index (Phi) is 7.58. The molecule has 7 heteroatoms. The van der Waals surface area contributed by atoms with E-state index in [1.807, 2.05) is 48.5 Å². The first-order valence-electron chi connectivity index (χ1n) is 12.2. The van der Waals surface area contributed by atoms with Crippen LogP contribution in [0.1, 0.15) is 50.2 Å². The van der Waals surface area contributed by atoms with Gasteiger partial charge in [-0.1, -0.05) is 48.5 Å². The van der Waals surface area contributed by atoms with Gasteiger partial charge < -0.3 is 19.5 Å². The van der Waals surface area contributed by atoms with Crippen LogP contribution in [0.15, 0.2) is 77.1 Å². The number of hydrogen-bond donors (Lipinski definition) is 1. The second kappa shape index (κ2) is 10.8. The highest BCUT2D eigenvalue weighted by atomic mass is 16.5. The van der Waals surface area contributed by atoms with E-state index in [2.05, 4.69) is 5.32 Å². The smallest absolute Gasteiger partial charge is 0.336 e. The lowest BCUT2D eigenvalue weighted by atomic mass is 9.67. The van der Waals surface area contributed by atoms with Crippen LogP contribution in [-0.4, -0.2) is 38.0 Å². The van der Waals surface area contributed by atoms with Crippen molar-refractivity contribution in [3.63, 3.8) is 0 Å². The number of ketones is 1. The lowest BCUT2D eigenvalue weighted by molar-refractivity contribution is -0.152. The molecule has 36 heavy (non-hydrogen) atoms. The Morgan fingerprint density at radius 3 is 2.31 bits per heavy atom. The van der Waals surface area contributed by atoms with E-state index in [4.69, 9.17) is 14.2 Å². The minimum absolute atomic E-state index is 0.164. The zero-order valence-corrected chi connectivity index (χ0v) is 21.0. The number of benzene rings is 2. The number of Topliss-reactive ketones (excluding diaryl/α,β-unsaturated/α-hetero) is 1. The zero-order valence-electron chi connectivity index (χ0n) is 21.0. The fraction of sp³-hybridized carbons (Fsp3) is 0.345. The quantitative estimate of drug-likeness (QED) is 0.455. The van der Waals surface area contributed by atoms with Gasteiger partial charge >= 0.3 is 11.9 Å². The van der Waals surface area contributed by atoms with Gasteiger partial charge in [-0.25, -0.2) is 4.79 Å². The van der Waals surface area contributed by atoms with Crippen LogP contribution in [0.2, 0.25) is 0 Å². The predicted octanol–water partition coefficient (Wildman–Crippen LogP) is 4.41. The van der Waals surface area contributed by atoms with Gasteiger partial charge in [-0.2, -0.15) is 0 Å². The second-order valence-electron chi connectivity index (χ2n) is 8.77. The second-order valence-corrected chi connectivity index (χ2v) is 8.77. The molecule has 3 atom stereocenters. The van der Waals surface area contributed by atoms with Crippen molar-refractivity contribution in [3.05, 3.63) is 88.3 Å². The van der Waals surface area contributed by atoms with Gasteiger partial charge in [0.1, 0.15) is 11.7 Å². The van der Waals surface area contributed by atoms with Crippen LogP contribution < -0.4 is 10.1 Å². The number of hydrogen-bond acceptors (Lipinski definition) is 7. The summed E-state index contributed by atoms with van der Waals surface area (Å²) in [5, 5.41) is 3.31. The predicted molar refractivity (Wildman–Crippen MR) is 134 cm³/mol. The average Bonchev–Trinajstić information content (AvgIpc) is 2.88. The van der Waals surface area contributed by atoms with Crippen molar-refractivity contribution < 1.29 is 28.6 Å². The molecule has 0 saturated heterocycles. The Hall–Kier alpha value is -3.87. The van der Waals surface area contributed by atoms with Crippen LogP contribution in [-0.2, 0) is 23.9 Å². The van der Waals surface area contributed by atoms with Crippen molar-refractivity contribution in [1.82, 2.24) is 5.32 Å². The Balaban J connectivity index is 1.93. The van der Waals surface area contributed by atoms with Gasteiger partial charge in [0.25, 0.3) is 0 Å². The molecule has 188 valence electrons. The molecule has 1 heterocycles. The van der Waals surface area contributed by atoms with Crippen LogP contribution in [0.5, 0.6) is 5.75 Å². The molecular weight excluding hydrogens is 458 g/mol. The van der Waals surface area contributed by atoms with Crippen molar-refractivity contribution >= 4 is 17.7 Å². The molecule has 2 aromatic carbocycles. The van der Waals surface area contributed by atoms with E-state index in [0.29, 0.717) is 40.3 Å². The van der Waals surface area contributed by atoms with Crippen LogP contribution in [0.3, 0.4) is 0 Å². The summed E-state index contributed by atoms with van der Waals surface area (Å²) in [7, 11) is 1.55. The number of carbonyl (C=O) groups is 3. The fourth-order valence-corrected chi connectivity index (χ4v) is 5.25. The number of para-hydroxylation sites is 1. The van der Waals surface area contributed by atoms with E-state index >= 15 is 0 Å². The SMILES string of the molecule is CCOC(=O)C1=C(C)NC2=C(C(=O)[C@H](C(=O)OCC)[C@H](c3ccccc3)C2)[C@@H]1c1ccccc1OC. The molecule has 0 aromatic heterocycles. The van der Waals surface area contributed by atoms with Crippen molar-refractivity contribution in [2.75, 3.05) is 20.3 Å². The molecule has 2 aliphatic rings. The molecule has 1 N–H and O–H groups in total. The summed E-state index contributed by atoms with van der Waals surface area (Å²) in [6.07, 6.45) is 0.410. The third kappa shape index (κ3) is 4.53. The summed E-state index contributed by atoms with van der Waals surface area (Å²) in [5.41, 5.74) is 3.54. The van der Waals surface area contributed by atoms with Crippen LogP contribution in [0, 0.1) is 5.92 Å². The van der Waals surface area contributed by atoms with E-state index in [0.717, 1.165) is 5.56 Å². The molecule has 7 nitrogen and oxygen atoms in total. The first kappa shape index (κ1) is 25.2. The Labute approximate surface area is 211 Å². The summed E-state index contributed by atoms with van der Waals surface area (Å²) in [4.78, 5) is 40.7. The number of methoxy groups -OCH3 is 1. The molecule has 0 unspecified atom stereocenters. The van der Waals surface area contributed by atoms with Gasteiger partial charge in [0.2, 0.25) is 0 Å². The van der Waals surface area contributed by atoms with Crippen molar-refractivity contribution in [2.24, 2.45) is 5.92 Å². The van der Waals surface area contributed by atoms with Gasteiger partial charge in [-0.15, -0.1) is 0 Å². The summed E-state index contributed by atoms with van der Waals surface area (Å²) in [5.74, 6) is -3.09. The van der Waals surface area contributed by atoms with E-state index < -0.39 is 29.7 Å². The molecule has 0 saturated carbocycles. The minimum Gasteiger partial charge on any atom is -0.496 e. The summed E-state index contributed by atoms with van der Waals surface area (Å²) in [6.45, 7) is 5.61. The van der Waals surface area contributed by atoms with Crippen molar-refractivity contribution in [2.45, 2.75) is 39.0 Å². The number of nitrogens with one attached hydrogen (secondary N) is 1. The average molecular weight is 490 g/mol. The van der Waals surface area contributed by atoms with Crippen LogP contribution in [0.4, 0.5) is 0 Å². The topological polar surface area (TPSA) is 90.9 Å². The van der Waals surface area contributed by atoms with E-state index in [1.54, 1.807) is 33.9 Å². The first-order chi connectivity index (χ1) is 17.4. The first-order valence-corrected chi connectivity index (χ1v) is 12.2. The molecule has 4 rings (SSSR count). The highest BCUT2D eigenvalue weighted by molar-refractivity contribution is 6.13. The van der Waals surface area contributed by atoms with E-state index in [9.17, 15) is 14.4 Å². The maximum Gasteiger partial charge on any atom is 0.336 e. The fourth-order valence-electron chi connectivity index (χ4n) is 5.25. The molecule has 1 aliphatic heterocycles. The largest absolute Gasteiger partial charge is 0.496 e. The highest BCUT2D eigenvalue weighted by Gasteiger charge is 2.49. The molecule has 0 bridgehead atoms. The Morgan fingerprint density at radius 1 is 0.972 bits per heavy atom. The third-order valence-electron chi connectivity index (χ3n) is 6.73. The van der Waals surface area contributed by atoms with Crippen molar-refractivity contribution in [1.29, 1.82) is 0 Å². The third-order valence-corrected chi connectivity index (χ3v) is 6.73. The molecule has 0 fully saturated rings. The lowest BCUT2D eigenvalue weighted by Gasteiger charge is -2.39. The van der Waals surface area contributed by atoms with Gasteiger partial charge in [0.15, 0.2) is 5.78 Å². The molecular formula is C29H31NO6. The normalized spacial score (nSPS) is 21.4. The highest BCUT2D eigenvalue weighted by Crippen LogP contribution is 2.49. The Bertz CT molecular complexity index is 1230. The van der Waals surface area contributed by atoms with Gasteiger partial charge in [-0.05, 0) is 38.8 Å². The lowest BCUT2D eigenvalue weighted by Crippen LogP contribution is -2.43. The maximum absolute atomic E-state index is 14.3. The van der Waals surface area contributed by atoms with Crippen molar-refractivity contribution in [3.8, 4) is 5.75 Å². The number of allylic oxidation sites excluding steroid dienone is 3. The van der Waals surface area contributed by atoms with Gasteiger partial charge in [0.05, 0.1) is 31.8 Å². The monoisotopic (exact) mass is 489 g/mol. The number of esters is 2. The van der Waals surface area contributed by atoms with Crippen LogP contribution in [0.25, 0.3) is 0 Å². The summed E-state index contributed by atoms with van der Waals surface area (Å²) in [6, 6.07) is 16.8. The molecule has 2 aromatic rings. The van der Waals surface area contributed by atoms with E-state index in [-0.39, 0.29) is 19.0 Å². The molecule has 1 aliphatic carbocycles. The number of ether oxygens (including phenoxy) is 3. The summed E-state index contributed by atoms with van der Waals surface area (Å²) >= 11 is 0. The molecule has 0 spiro atoms. The summed E-state index contributed by atoms with van der Waals surface area (Å²) < 4.78 is 16.4. The van der Waals surface area contributed by atoms with Gasteiger partial charge in [0, 0.05) is 28.4 Å². The molecule has 0 radical (unpaired) electrons. The van der Waals surface area contributed by atoms with E-state index in [1.165, 1.54) is 0 Å². The standard InChI is InChI=1S/C29H31NO6/c1-5-35-28(32)23-17(3)30-21-16-20(18-12-8-7-9-13-18)25(29(33)36-6-2)27(31)26(21)24(23)19-14-10-11-15-22(19)34-4/h7-15,20,24-25,30H,5-6,16H2,1-4H3/t20-,24+,25+/m0/s1. The Morgan fingerprint density at radius 2 is 1.64 bits per heavy atom.